The van der Waals surface area contributed by atoms with Gasteiger partial charge in [0.2, 0.25) is 17.7 Å². The van der Waals surface area contributed by atoms with Crippen molar-refractivity contribution in [1.29, 1.82) is 0 Å². The number of esters is 1. The van der Waals surface area contributed by atoms with Crippen LogP contribution in [0.1, 0.15) is 101 Å². The van der Waals surface area contributed by atoms with Crippen molar-refractivity contribution in [2.75, 3.05) is 6.54 Å². The van der Waals surface area contributed by atoms with Crippen LogP contribution < -0.4 is 26.6 Å². The summed E-state index contributed by atoms with van der Waals surface area (Å²) in [5, 5.41) is 24.5. The summed E-state index contributed by atoms with van der Waals surface area (Å²) in [5.74, 6) is -4.22. The minimum atomic E-state index is -1.87. The number of amides is 5. The fourth-order valence-corrected chi connectivity index (χ4v) is 7.65. The number of alkyl carbamates (subject to hydrolysis) is 1. The zero-order valence-electron chi connectivity index (χ0n) is 39.0. The average molecular weight is 938 g/mol. The van der Waals surface area contributed by atoms with Crippen molar-refractivity contribution in [2.24, 2.45) is 5.92 Å². The molecule has 0 bridgehead atoms. The SMILES string of the molecule is CCCC(NC(=O)[C@H](Cc1cn(C(=O)OCc2ccccc2)cn1)NC(=O)[C@@H](NC(=O)OC(C)(C)C)C1CCCCC1)C(O)C(=O)NCC(=O)N[C@H](C(=O)OCc1ccccc1)c1ccccc1. The molecule has 0 spiro atoms. The highest BCUT2D eigenvalue weighted by Gasteiger charge is 2.37. The molecule has 18 nitrogen and oxygen atoms in total. The number of aliphatic hydroxyl groups excluding tert-OH is 1. The number of ether oxygens (including phenoxy) is 3. The Hall–Kier alpha value is -7.08. The first-order valence-electron chi connectivity index (χ1n) is 22.9. The zero-order chi connectivity index (χ0) is 49.1. The molecule has 1 aromatic heterocycles. The second kappa shape index (κ2) is 25.7. The lowest BCUT2D eigenvalue weighted by molar-refractivity contribution is -0.149. The lowest BCUT2D eigenvalue weighted by Crippen LogP contribution is -2.59. The molecule has 3 aromatic carbocycles. The van der Waals surface area contributed by atoms with Gasteiger partial charge in [0.15, 0.2) is 12.1 Å². The molecule has 0 saturated heterocycles. The van der Waals surface area contributed by atoms with Crippen LogP contribution in [-0.2, 0) is 57.8 Å². The van der Waals surface area contributed by atoms with E-state index in [4.69, 9.17) is 14.2 Å². The lowest BCUT2D eigenvalue weighted by atomic mass is 9.83. The van der Waals surface area contributed by atoms with Crippen LogP contribution in [0.2, 0.25) is 0 Å². The molecular weight excluding hydrogens is 875 g/mol. The highest BCUT2D eigenvalue weighted by Crippen LogP contribution is 2.27. The minimum absolute atomic E-state index is 0.00109. The Morgan fingerprint density at radius 3 is 1.96 bits per heavy atom. The summed E-state index contributed by atoms with van der Waals surface area (Å²) < 4.78 is 17.5. The molecule has 18 heteroatoms. The number of carbonyl (C=O) groups excluding carboxylic acids is 7. The van der Waals surface area contributed by atoms with Crippen LogP contribution >= 0.6 is 0 Å². The molecule has 1 aliphatic rings. The quantitative estimate of drug-likeness (QED) is 0.0481. The van der Waals surface area contributed by atoms with Gasteiger partial charge in [-0.2, -0.15) is 0 Å². The van der Waals surface area contributed by atoms with Gasteiger partial charge in [0, 0.05) is 12.6 Å². The molecule has 1 saturated carbocycles. The molecular formula is C50H63N7O11. The van der Waals surface area contributed by atoms with Crippen LogP contribution in [0.4, 0.5) is 9.59 Å². The molecule has 0 aliphatic heterocycles. The van der Waals surface area contributed by atoms with E-state index in [0.717, 1.165) is 35.0 Å². The number of nitrogens with zero attached hydrogens (tertiary/aromatic N) is 2. The van der Waals surface area contributed by atoms with Crippen molar-refractivity contribution in [2.45, 2.75) is 128 Å². The molecule has 2 unspecified atom stereocenters. The van der Waals surface area contributed by atoms with Gasteiger partial charge in [-0.05, 0) is 62.6 Å². The van der Waals surface area contributed by atoms with E-state index < -0.39 is 84.2 Å². The van der Waals surface area contributed by atoms with E-state index in [2.05, 4.69) is 31.6 Å². The molecule has 5 atom stereocenters. The second-order valence-electron chi connectivity index (χ2n) is 17.7. The molecule has 1 fully saturated rings. The van der Waals surface area contributed by atoms with E-state index in [0.29, 0.717) is 24.8 Å². The van der Waals surface area contributed by atoms with Crippen LogP contribution in [-0.4, -0.2) is 92.8 Å². The Labute approximate surface area is 396 Å². The fourth-order valence-electron chi connectivity index (χ4n) is 7.65. The van der Waals surface area contributed by atoms with Gasteiger partial charge in [0.05, 0.1) is 18.3 Å². The third-order valence-electron chi connectivity index (χ3n) is 11.1. The van der Waals surface area contributed by atoms with Gasteiger partial charge in [0.1, 0.15) is 37.2 Å². The number of benzene rings is 3. The van der Waals surface area contributed by atoms with E-state index in [1.54, 1.807) is 94.4 Å². The summed E-state index contributed by atoms with van der Waals surface area (Å²) in [5.41, 5.74) is 1.31. The maximum atomic E-state index is 14.3. The predicted molar refractivity (Wildman–Crippen MR) is 249 cm³/mol. The molecule has 0 radical (unpaired) electrons. The number of imidazole rings is 1. The lowest BCUT2D eigenvalue weighted by Gasteiger charge is -2.32. The largest absolute Gasteiger partial charge is 0.459 e. The summed E-state index contributed by atoms with van der Waals surface area (Å²) in [4.78, 5) is 98.8. The number of aromatic nitrogens is 2. The molecule has 5 rings (SSSR count). The van der Waals surface area contributed by atoms with Crippen molar-refractivity contribution in [3.63, 3.8) is 0 Å². The Morgan fingerprint density at radius 2 is 1.35 bits per heavy atom. The number of rotatable bonds is 21. The molecule has 364 valence electrons. The predicted octanol–water partition coefficient (Wildman–Crippen LogP) is 4.93. The standard InChI is InChI=1S/C50H63N7O11/c1-5-18-38(43(59)46(62)51-28-40(58)55-42(36-25-16-9-17-26-36)47(63)66-30-33-19-10-6-11-20-33)53-44(60)39(27-37-29-57(32-52-37)49(65)67-31-34-21-12-7-13-22-34)54-45(61)41(35-23-14-8-15-24-35)56-48(64)68-50(2,3)4/h6-7,9-13,16-17,19-22,25-26,29,32,35,38-39,41-43,59H,5,8,14-15,18,23-24,27-28,30-31H2,1-4H3,(H,51,62)(H,53,60)(H,54,61)(H,55,58)(H,56,64)/t38?,39-,41-,42-,43?/m0/s1. The van der Waals surface area contributed by atoms with Crippen LogP contribution in [0, 0.1) is 5.92 Å². The van der Waals surface area contributed by atoms with E-state index in [-0.39, 0.29) is 37.7 Å². The average Bonchev–Trinajstić information content (AvgIpc) is 3.81. The summed E-state index contributed by atoms with van der Waals surface area (Å²) in [6.45, 7) is 6.20. The van der Waals surface area contributed by atoms with E-state index in [1.165, 1.54) is 12.5 Å². The van der Waals surface area contributed by atoms with Crippen LogP contribution in [0.25, 0.3) is 0 Å². The van der Waals surface area contributed by atoms with Gasteiger partial charge in [-0.1, -0.05) is 124 Å². The molecule has 1 aliphatic carbocycles. The Morgan fingerprint density at radius 1 is 0.750 bits per heavy atom. The van der Waals surface area contributed by atoms with E-state index in [1.807, 2.05) is 24.3 Å². The molecule has 1 heterocycles. The van der Waals surface area contributed by atoms with E-state index in [9.17, 15) is 38.7 Å². The number of carbonyl (C=O) groups is 7. The van der Waals surface area contributed by atoms with Crippen LogP contribution in [0.5, 0.6) is 0 Å². The highest BCUT2D eigenvalue weighted by molar-refractivity contribution is 5.93. The smallest absolute Gasteiger partial charge is 0.419 e. The maximum absolute atomic E-state index is 14.3. The maximum Gasteiger partial charge on any atom is 0.419 e. The number of hydrogen-bond donors (Lipinski definition) is 6. The van der Waals surface area contributed by atoms with Crippen molar-refractivity contribution in [3.8, 4) is 0 Å². The molecule has 4 aromatic rings. The van der Waals surface area contributed by atoms with Crippen molar-refractivity contribution >= 4 is 41.8 Å². The zero-order valence-corrected chi connectivity index (χ0v) is 39.0. The fraction of sp³-hybridized carbons (Fsp3) is 0.440. The second-order valence-corrected chi connectivity index (χ2v) is 17.7. The topological polar surface area (TPSA) is 245 Å². The third-order valence-corrected chi connectivity index (χ3v) is 11.1. The number of hydrogen-bond acceptors (Lipinski definition) is 12. The number of aliphatic hydroxyl groups is 1. The minimum Gasteiger partial charge on any atom is -0.459 e. The normalized spacial score (nSPS) is 15.0. The summed E-state index contributed by atoms with van der Waals surface area (Å²) in [7, 11) is 0. The van der Waals surface area contributed by atoms with Crippen molar-refractivity contribution in [3.05, 3.63) is 126 Å². The first kappa shape index (κ1) is 51.9. The Balaban J connectivity index is 1.29. The number of nitrogens with one attached hydrogen (secondary N) is 5. The van der Waals surface area contributed by atoms with Crippen LogP contribution in [0.15, 0.2) is 104 Å². The molecule has 5 amide bonds. The molecule has 6 N–H and O–H groups in total. The summed E-state index contributed by atoms with van der Waals surface area (Å²) >= 11 is 0. The molecule has 68 heavy (non-hydrogen) atoms. The highest BCUT2D eigenvalue weighted by atomic mass is 16.6. The van der Waals surface area contributed by atoms with Crippen molar-refractivity contribution < 1.29 is 52.9 Å². The van der Waals surface area contributed by atoms with E-state index >= 15 is 0 Å². The first-order chi connectivity index (χ1) is 32.6. The monoisotopic (exact) mass is 937 g/mol. The van der Waals surface area contributed by atoms with Gasteiger partial charge < -0.3 is 45.9 Å². The first-order valence-corrected chi connectivity index (χ1v) is 22.9. The van der Waals surface area contributed by atoms with Gasteiger partial charge in [-0.15, -0.1) is 0 Å². The Bertz CT molecular complexity index is 2280. The summed E-state index contributed by atoms with van der Waals surface area (Å²) in [6.07, 6.45) is 3.34. The van der Waals surface area contributed by atoms with Gasteiger partial charge in [-0.3, -0.25) is 19.2 Å². The third kappa shape index (κ3) is 16.7. The summed E-state index contributed by atoms with van der Waals surface area (Å²) in [6, 6.07) is 21.6. The van der Waals surface area contributed by atoms with Crippen LogP contribution in [0.3, 0.4) is 0 Å². The van der Waals surface area contributed by atoms with Crippen molar-refractivity contribution in [1.82, 2.24) is 36.1 Å². The van der Waals surface area contributed by atoms with Gasteiger partial charge in [-0.25, -0.2) is 23.9 Å². The Kier molecular flexibility index (Phi) is 19.6. The van der Waals surface area contributed by atoms with Gasteiger partial charge >= 0.3 is 18.2 Å². The van der Waals surface area contributed by atoms with Gasteiger partial charge in [0.25, 0.3) is 5.91 Å².